The maximum Gasteiger partial charge on any atom is 0.319 e. The van der Waals surface area contributed by atoms with Gasteiger partial charge in [-0.05, 0) is 43.4 Å². The summed E-state index contributed by atoms with van der Waals surface area (Å²) in [5.74, 6) is 0.879. The first-order valence-electron chi connectivity index (χ1n) is 11.7. The van der Waals surface area contributed by atoms with E-state index in [2.05, 4.69) is 10.2 Å². The molecule has 2 heterocycles. The van der Waals surface area contributed by atoms with E-state index in [0.29, 0.717) is 31.5 Å². The van der Waals surface area contributed by atoms with E-state index in [1.54, 1.807) is 26.1 Å². The summed E-state index contributed by atoms with van der Waals surface area (Å²) in [5, 5.41) is 3.09. The minimum Gasteiger partial charge on any atom is -0.497 e. The summed E-state index contributed by atoms with van der Waals surface area (Å²) in [6.45, 7) is 4.51. The highest BCUT2D eigenvalue weighted by Gasteiger charge is 2.34. The topological polar surface area (TPSA) is 74.3 Å². The van der Waals surface area contributed by atoms with E-state index in [-0.39, 0.29) is 11.9 Å². The molecule has 2 aliphatic rings. The monoisotopic (exact) mass is 446 g/mol. The molecule has 1 unspecified atom stereocenters. The van der Waals surface area contributed by atoms with E-state index in [0.717, 1.165) is 63.4 Å². The van der Waals surface area contributed by atoms with E-state index in [1.165, 1.54) is 0 Å². The summed E-state index contributed by atoms with van der Waals surface area (Å²) in [6, 6.07) is 8.69. The maximum atomic E-state index is 12.4. The number of hydrogen-bond acceptors (Lipinski definition) is 5. The van der Waals surface area contributed by atoms with Crippen LogP contribution in [-0.4, -0.2) is 99.3 Å². The summed E-state index contributed by atoms with van der Waals surface area (Å²) in [7, 11) is 5.25. The van der Waals surface area contributed by atoms with Gasteiger partial charge in [0.1, 0.15) is 5.75 Å². The van der Waals surface area contributed by atoms with Crippen molar-refractivity contribution in [1.82, 2.24) is 20.0 Å². The van der Waals surface area contributed by atoms with Gasteiger partial charge < -0.3 is 24.6 Å². The van der Waals surface area contributed by atoms with Crippen LogP contribution in [0.2, 0.25) is 0 Å². The average Bonchev–Trinajstić information content (AvgIpc) is 3.30. The Hall–Kier alpha value is -2.32. The van der Waals surface area contributed by atoms with Crippen molar-refractivity contribution in [3.63, 3.8) is 0 Å². The number of amides is 3. The minimum absolute atomic E-state index is 0.0654. The summed E-state index contributed by atoms with van der Waals surface area (Å²) < 4.78 is 10.8. The molecule has 0 aromatic heterocycles. The van der Waals surface area contributed by atoms with Gasteiger partial charge in [0.25, 0.3) is 0 Å². The van der Waals surface area contributed by atoms with E-state index < -0.39 is 0 Å². The van der Waals surface area contributed by atoms with E-state index in [9.17, 15) is 9.59 Å². The lowest BCUT2D eigenvalue weighted by Crippen LogP contribution is -2.50. The Morgan fingerprint density at radius 3 is 2.69 bits per heavy atom. The highest BCUT2D eigenvalue weighted by Crippen LogP contribution is 2.23. The molecule has 32 heavy (non-hydrogen) atoms. The number of urea groups is 1. The summed E-state index contributed by atoms with van der Waals surface area (Å²) in [6.07, 6.45) is 4.13. The van der Waals surface area contributed by atoms with Crippen molar-refractivity contribution in [2.75, 3.05) is 60.6 Å². The van der Waals surface area contributed by atoms with Crippen LogP contribution in [0.15, 0.2) is 24.3 Å². The van der Waals surface area contributed by atoms with Crippen LogP contribution in [0.25, 0.3) is 0 Å². The predicted octanol–water partition coefficient (Wildman–Crippen LogP) is 1.98. The number of carbonyl (C=O) groups is 2. The Kier molecular flexibility index (Phi) is 9.17. The number of carbonyl (C=O) groups excluding carboxylic acids is 2. The lowest BCUT2D eigenvalue weighted by molar-refractivity contribution is -0.121. The molecule has 8 nitrogen and oxygen atoms in total. The van der Waals surface area contributed by atoms with Crippen molar-refractivity contribution in [3.05, 3.63) is 29.8 Å². The van der Waals surface area contributed by atoms with Gasteiger partial charge in [-0.2, -0.15) is 0 Å². The molecule has 0 bridgehead atoms. The average molecular weight is 447 g/mol. The number of nitrogens with zero attached hydrogens (tertiary/aromatic N) is 3. The summed E-state index contributed by atoms with van der Waals surface area (Å²) >= 11 is 0. The molecule has 178 valence electrons. The lowest BCUT2D eigenvalue weighted by atomic mass is 10.0. The van der Waals surface area contributed by atoms with Crippen LogP contribution in [0.4, 0.5) is 4.79 Å². The zero-order valence-electron chi connectivity index (χ0n) is 19.7. The molecule has 0 spiro atoms. The Bertz CT molecular complexity index is 751. The highest BCUT2D eigenvalue weighted by molar-refractivity contribution is 5.76. The summed E-state index contributed by atoms with van der Waals surface area (Å²) in [5.41, 5.74) is 1.10. The van der Waals surface area contributed by atoms with Crippen molar-refractivity contribution in [1.29, 1.82) is 0 Å². The molecule has 2 aliphatic heterocycles. The first kappa shape index (κ1) is 24.3. The van der Waals surface area contributed by atoms with E-state index in [1.807, 2.05) is 29.2 Å². The molecule has 3 rings (SSSR count). The maximum absolute atomic E-state index is 12.4. The summed E-state index contributed by atoms with van der Waals surface area (Å²) in [4.78, 5) is 30.9. The Labute approximate surface area is 191 Å². The molecule has 2 saturated heterocycles. The number of benzene rings is 1. The normalized spacial score (nSPS) is 19.2. The van der Waals surface area contributed by atoms with Gasteiger partial charge in [0, 0.05) is 72.0 Å². The van der Waals surface area contributed by atoms with Crippen LogP contribution in [-0.2, 0) is 16.0 Å². The Morgan fingerprint density at radius 1 is 1.19 bits per heavy atom. The first-order valence-corrected chi connectivity index (χ1v) is 11.7. The molecule has 2 fully saturated rings. The van der Waals surface area contributed by atoms with Crippen LogP contribution >= 0.6 is 0 Å². The van der Waals surface area contributed by atoms with Crippen molar-refractivity contribution < 1.29 is 19.1 Å². The van der Waals surface area contributed by atoms with Gasteiger partial charge in [-0.3, -0.25) is 9.69 Å². The number of nitrogens with one attached hydrogen (secondary N) is 1. The Morgan fingerprint density at radius 2 is 1.97 bits per heavy atom. The number of rotatable bonds is 9. The number of ether oxygens (including phenoxy) is 2. The molecule has 1 atom stereocenters. The largest absolute Gasteiger partial charge is 0.497 e. The van der Waals surface area contributed by atoms with E-state index >= 15 is 0 Å². The fourth-order valence-corrected chi connectivity index (χ4v) is 4.65. The number of methoxy groups -OCH3 is 1. The van der Waals surface area contributed by atoms with Crippen LogP contribution < -0.4 is 10.1 Å². The Balaban J connectivity index is 1.49. The fourth-order valence-electron chi connectivity index (χ4n) is 4.65. The van der Waals surface area contributed by atoms with Crippen LogP contribution in [0.1, 0.15) is 31.2 Å². The van der Waals surface area contributed by atoms with Gasteiger partial charge in [0.15, 0.2) is 0 Å². The van der Waals surface area contributed by atoms with Gasteiger partial charge in [-0.25, -0.2) is 4.79 Å². The van der Waals surface area contributed by atoms with Crippen LogP contribution in [0.5, 0.6) is 5.75 Å². The third-order valence-electron chi connectivity index (χ3n) is 6.41. The molecule has 3 amide bonds. The highest BCUT2D eigenvalue weighted by atomic mass is 16.5. The quantitative estimate of drug-likeness (QED) is 0.628. The standard InChI is InChI=1S/C24H38N4O4/c1-26(2)24(30)27-13-9-21(18-27)28(20-10-15-32-16-11-20)14-12-25-23(29)8-7-19-5-4-6-22(17-19)31-3/h4-6,17,20-21H,7-16,18H2,1-3H3,(H,25,29). The number of hydrogen-bond donors (Lipinski definition) is 1. The van der Waals surface area contributed by atoms with Gasteiger partial charge in [-0.15, -0.1) is 0 Å². The molecule has 0 aliphatic carbocycles. The predicted molar refractivity (Wildman–Crippen MR) is 124 cm³/mol. The van der Waals surface area contributed by atoms with E-state index in [4.69, 9.17) is 9.47 Å². The van der Waals surface area contributed by atoms with Crippen molar-refractivity contribution in [2.45, 2.75) is 44.2 Å². The first-order chi connectivity index (χ1) is 15.5. The van der Waals surface area contributed by atoms with Crippen molar-refractivity contribution in [2.24, 2.45) is 0 Å². The SMILES string of the molecule is COc1cccc(CCC(=O)NCCN(C2CCOCC2)C2CCN(C(=O)N(C)C)C2)c1. The third-order valence-corrected chi connectivity index (χ3v) is 6.41. The molecule has 1 N–H and O–H groups in total. The smallest absolute Gasteiger partial charge is 0.319 e. The molecular formula is C24H38N4O4. The third kappa shape index (κ3) is 6.84. The molecule has 0 radical (unpaired) electrons. The molecule has 1 aromatic carbocycles. The second-order valence-corrected chi connectivity index (χ2v) is 8.85. The van der Waals surface area contributed by atoms with Gasteiger partial charge in [0.2, 0.25) is 5.91 Å². The van der Waals surface area contributed by atoms with Crippen molar-refractivity contribution in [3.8, 4) is 5.75 Å². The molecule has 8 heteroatoms. The van der Waals surface area contributed by atoms with Crippen LogP contribution in [0, 0.1) is 0 Å². The number of aryl methyl sites for hydroxylation is 1. The number of likely N-dealkylation sites (tertiary alicyclic amines) is 1. The lowest BCUT2D eigenvalue weighted by Gasteiger charge is -2.38. The second-order valence-electron chi connectivity index (χ2n) is 8.85. The molecule has 0 saturated carbocycles. The zero-order valence-corrected chi connectivity index (χ0v) is 19.7. The van der Waals surface area contributed by atoms with Crippen molar-refractivity contribution >= 4 is 11.9 Å². The fraction of sp³-hybridized carbons (Fsp3) is 0.667. The second kappa shape index (κ2) is 12.1. The molecular weight excluding hydrogens is 408 g/mol. The van der Waals surface area contributed by atoms with Gasteiger partial charge >= 0.3 is 6.03 Å². The minimum atomic E-state index is 0.0654. The van der Waals surface area contributed by atoms with Gasteiger partial charge in [0.05, 0.1) is 7.11 Å². The van der Waals surface area contributed by atoms with Gasteiger partial charge in [-0.1, -0.05) is 12.1 Å². The van der Waals surface area contributed by atoms with Crippen LogP contribution in [0.3, 0.4) is 0 Å². The zero-order chi connectivity index (χ0) is 22.9. The molecule has 1 aromatic rings.